The van der Waals surface area contributed by atoms with E-state index in [0.717, 1.165) is 17.5 Å². The fourth-order valence-corrected chi connectivity index (χ4v) is 4.77. The molecule has 7 nitrogen and oxygen atoms in total. The van der Waals surface area contributed by atoms with Crippen molar-refractivity contribution in [3.05, 3.63) is 88.5 Å². The predicted molar refractivity (Wildman–Crippen MR) is 147 cm³/mol. The van der Waals surface area contributed by atoms with Gasteiger partial charge in [-0.15, -0.1) is 0 Å². The van der Waals surface area contributed by atoms with Crippen molar-refractivity contribution in [3.8, 4) is 17.2 Å². The molecular formula is C31H33NO6. The number of benzene rings is 3. The summed E-state index contributed by atoms with van der Waals surface area (Å²) in [6, 6.07) is 17.1. The van der Waals surface area contributed by atoms with Gasteiger partial charge >= 0.3 is 0 Å². The molecule has 0 saturated carbocycles. The predicted octanol–water partition coefficient (Wildman–Crippen LogP) is 6.02. The highest BCUT2D eigenvalue weighted by atomic mass is 16.5. The van der Waals surface area contributed by atoms with Crippen LogP contribution in [0.15, 0.2) is 66.2 Å². The molecule has 0 aromatic heterocycles. The maximum absolute atomic E-state index is 13.6. The van der Waals surface area contributed by atoms with Gasteiger partial charge in [0.2, 0.25) is 0 Å². The number of hydrogen-bond donors (Lipinski definition) is 1. The molecule has 1 unspecified atom stereocenters. The van der Waals surface area contributed by atoms with Crippen LogP contribution in [0.1, 0.15) is 55.0 Å². The molecule has 198 valence electrons. The first-order chi connectivity index (χ1) is 18.2. The molecule has 0 bridgehead atoms. The lowest BCUT2D eigenvalue weighted by molar-refractivity contribution is -0.132. The number of aliphatic hydroxyl groups is 1. The van der Waals surface area contributed by atoms with Crippen molar-refractivity contribution < 1.29 is 28.9 Å². The van der Waals surface area contributed by atoms with Crippen molar-refractivity contribution in [1.29, 1.82) is 0 Å². The molecule has 3 aromatic rings. The Balaban J connectivity index is 1.96. The van der Waals surface area contributed by atoms with E-state index in [-0.39, 0.29) is 17.3 Å². The van der Waals surface area contributed by atoms with Crippen LogP contribution in [-0.2, 0) is 16.0 Å². The molecule has 1 fully saturated rings. The van der Waals surface area contributed by atoms with Gasteiger partial charge in [0.25, 0.3) is 11.7 Å². The van der Waals surface area contributed by atoms with Gasteiger partial charge in [-0.3, -0.25) is 14.5 Å². The lowest BCUT2D eigenvalue weighted by Crippen LogP contribution is -2.29. The van der Waals surface area contributed by atoms with Crippen molar-refractivity contribution in [3.63, 3.8) is 0 Å². The molecule has 1 N–H and O–H groups in total. The number of ketones is 1. The van der Waals surface area contributed by atoms with E-state index in [1.165, 1.54) is 19.1 Å². The number of hydrogen-bond acceptors (Lipinski definition) is 6. The Morgan fingerprint density at radius 2 is 1.53 bits per heavy atom. The first-order valence-corrected chi connectivity index (χ1v) is 12.5. The summed E-state index contributed by atoms with van der Waals surface area (Å²) in [5.74, 6) is -0.0142. The van der Waals surface area contributed by atoms with Gasteiger partial charge < -0.3 is 19.3 Å². The average molecular weight is 516 g/mol. The molecule has 1 atom stereocenters. The fourth-order valence-electron chi connectivity index (χ4n) is 4.77. The standard InChI is InChI=1S/C31H33NO6/c1-7-19-8-10-20(11-9-19)28-27(29(33)21-12-13-26(38-6)25(14-21)18(2)3)30(34)31(35)32(28)22-15-23(36-4)17-24(16-22)37-5/h8-18,28,33H,7H2,1-6H3/b29-27-. The minimum absolute atomic E-state index is 0.0147. The van der Waals surface area contributed by atoms with E-state index in [0.29, 0.717) is 34.1 Å². The number of amides is 1. The number of anilines is 1. The summed E-state index contributed by atoms with van der Waals surface area (Å²) in [7, 11) is 4.63. The number of methoxy groups -OCH3 is 3. The molecule has 38 heavy (non-hydrogen) atoms. The number of Topliss-reactive ketones (excluding diaryl/α,β-unsaturated/α-hetero) is 1. The molecule has 4 rings (SSSR count). The molecule has 0 radical (unpaired) electrons. The molecule has 1 aliphatic heterocycles. The molecule has 7 heteroatoms. The summed E-state index contributed by atoms with van der Waals surface area (Å²) < 4.78 is 16.3. The summed E-state index contributed by atoms with van der Waals surface area (Å²) >= 11 is 0. The Labute approximate surface area is 223 Å². The first-order valence-electron chi connectivity index (χ1n) is 12.5. The number of nitrogens with zero attached hydrogens (tertiary/aromatic N) is 1. The first kappa shape index (κ1) is 26.8. The van der Waals surface area contributed by atoms with Crippen LogP contribution in [0.25, 0.3) is 5.76 Å². The Hall–Kier alpha value is -4.26. The second-order valence-corrected chi connectivity index (χ2v) is 9.45. The maximum Gasteiger partial charge on any atom is 0.300 e. The van der Waals surface area contributed by atoms with Crippen LogP contribution < -0.4 is 19.1 Å². The zero-order valence-electron chi connectivity index (χ0n) is 22.6. The lowest BCUT2D eigenvalue weighted by atomic mass is 9.92. The number of aliphatic hydroxyl groups excluding tert-OH is 1. The molecule has 1 saturated heterocycles. The molecule has 0 spiro atoms. The van der Waals surface area contributed by atoms with Gasteiger partial charge in [-0.05, 0) is 47.2 Å². The number of ether oxygens (including phenoxy) is 3. The zero-order chi connectivity index (χ0) is 27.6. The number of carbonyl (C=O) groups excluding carboxylic acids is 2. The molecule has 1 heterocycles. The van der Waals surface area contributed by atoms with Crippen molar-refractivity contribution >= 4 is 23.1 Å². The van der Waals surface area contributed by atoms with E-state index in [1.54, 1.807) is 43.5 Å². The van der Waals surface area contributed by atoms with Crippen LogP contribution in [0.2, 0.25) is 0 Å². The third-order valence-electron chi connectivity index (χ3n) is 6.89. The van der Waals surface area contributed by atoms with Crippen molar-refractivity contribution in [2.75, 3.05) is 26.2 Å². The van der Waals surface area contributed by atoms with Crippen LogP contribution >= 0.6 is 0 Å². The van der Waals surface area contributed by atoms with Gasteiger partial charge in [0, 0.05) is 23.8 Å². The summed E-state index contributed by atoms with van der Waals surface area (Å²) in [4.78, 5) is 28.5. The Bertz CT molecular complexity index is 1370. The smallest absolute Gasteiger partial charge is 0.300 e. The van der Waals surface area contributed by atoms with Gasteiger partial charge in [-0.25, -0.2) is 0 Å². The average Bonchev–Trinajstić information content (AvgIpc) is 3.21. The molecule has 3 aromatic carbocycles. The SMILES string of the molecule is CCc1ccc(C2/C(=C(/O)c3ccc(OC)c(C(C)C)c3)C(=O)C(=O)N2c2cc(OC)cc(OC)c2)cc1. The summed E-state index contributed by atoms with van der Waals surface area (Å²) in [5, 5.41) is 11.6. The Morgan fingerprint density at radius 1 is 0.895 bits per heavy atom. The summed E-state index contributed by atoms with van der Waals surface area (Å²) in [6.07, 6.45) is 0.845. The van der Waals surface area contributed by atoms with Gasteiger partial charge in [0.15, 0.2) is 0 Å². The monoisotopic (exact) mass is 515 g/mol. The third-order valence-corrected chi connectivity index (χ3v) is 6.89. The van der Waals surface area contributed by atoms with Crippen molar-refractivity contribution in [2.24, 2.45) is 0 Å². The zero-order valence-corrected chi connectivity index (χ0v) is 22.6. The van der Waals surface area contributed by atoms with Gasteiger partial charge in [0.05, 0.1) is 38.6 Å². The Kier molecular flexibility index (Phi) is 7.76. The van der Waals surface area contributed by atoms with E-state index < -0.39 is 17.7 Å². The van der Waals surface area contributed by atoms with Crippen molar-refractivity contribution in [1.82, 2.24) is 0 Å². The normalized spacial score (nSPS) is 16.7. The second-order valence-electron chi connectivity index (χ2n) is 9.45. The van der Waals surface area contributed by atoms with Crippen LogP contribution in [0.5, 0.6) is 17.2 Å². The highest BCUT2D eigenvalue weighted by Crippen LogP contribution is 2.44. The highest BCUT2D eigenvalue weighted by Gasteiger charge is 2.47. The van der Waals surface area contributed by atoms with Crippen LogP contribution in [0.4, 0.5) is 5.69 Å². The van der Waals surface area contributed by atoms with E-state index in [4.69, 9.17) is 14.2 Å². The van der Waals surface area contributed by atoms with Gasteiger partial charge in [-0.1, -0.05) is 45.0 Å². The Morgan fingerprint density at radius 3 is 2.05 bits per heavy atom. The largest absolute Gasteiger partial charge is 0.507 e. The molecule has 1 amide bonds. The van der Waals surface area contributed by atoms with E-state index in [2.05, 4.69) is 6.92 Å². The molecule has 1 aliphatic rings. The lowest BCUT2D eigenvalue weighted by Gasteiger charge is -2.26. The third kappa shape index (κ3) is 4.84. The highest BCUT2D eigenvalue weighted by molar-refractivity contribution is 6.51. The molecule has 0 aliphatic carbocycles. The van der Waals surface area contributed by atoms with E-state index in [1.807, 2.05) is 38.1 Å². The number of carbonyl (C=O) groups is 2. The van der Waals surface area contributed by atoms with Crippen molar-refractivity contribution in [2.45, 2.75) is 39.2 Å². The second kappa shape index (κ2) is 11.0. The minimum atomic E-state index is -0.859. The van der Waals surface area contributed by atoms with Gasteiger partial charge in [0.1, 0.15) is 23.0 Å². The van der Waals surface area contributed by atoms with Crippen LogP contribution in [0.3, 0.4) is 0 Å². The topological polar surface area (TPSA) is 85.3 Å². The minimum Gasteiger partial charge on any atom is -0.507 e. The quantitative estimate of drug-likeness (QED) is 0.224. The fraction of sp³-hybridized carbons (Fsp3) is 0.290. The number of rotatable bonds is 8. The van der Waals surface area contributed by atoms with E-state index >= 15 is 0 Å². The molecular weight excluding hydrogens is 482 g/mol. The number of aryl methyl sites for hydroxylation is 1. The summed E-state index contributed by atoms with van der Waals surface area (Å²) in [6.45, 7) is 6.09. The van der Waals surface area contributed by atoms with E-state index in [9.17, 15) is 14.7 Å². The summed E-state index contributed by atoms with van der Waals surface area (Å²) in [5.41, 5.74) is 3.57. The van der Waals surface area contributed by atoms with Crippen LogP contribution in [-0.4, -0.2) is 38.1 Å². The van der Waals surface area contributed by atoms with Gasteiger partial charge in [-0.2, -0.15) is 0 Å². The maximum atomic E-state index is 13.6. The van der Waals surface area contributed by atoms with Crippen LogP contribution in [0, 0.1) is 0 Å².